The number of anilines is 1. The van der Waals surface area contributed by atoms with Gasteiger partial charge >= 0.3 is 6.03 Å². The number of nitrogens with one attached hydrogen (secondary N) is 1. The molecule has 128 valence electrons. The molecule has 2 N–H and O–H groups in total. The molecule has 2 aromatic rings. The first-order chi connectivity index (χ1) is 11.2. The third kappa shape index (κ3) is 5.35. The van der Waals surface area contributed by atoms with E-state index < -0.39 is 5.60 Å². The molecule has 0 spiro atoms. The molecule has 0 heterocycles. The van der Waals surface area contributed by atoms with E-state index in [0.717, 1.165) is 5.56 Å². The van der Waals surface area contributed by atoms with Crippen LogP contribution in [0.3, 0.4) is 0 Å². The smallest absolute Gasteiger partial charge is 0.322 e. The highest BCUT2D eigenvalue weighted by molar-refractivity contribution is 5.90. The lowest BCUT2D eigenvalue weighted by atomic mass is 10.1. The monoisotopic (exact) mass is 330 g/mol. The summed E-state index contributed by atoms with van der Waals surface area (Å²) in [7, 11) is 0. The summed E-state index contributed by atoms with van der Waals surface area (Å²) in [5, 5.41) is 12.9. The van der Waals surface area contributed by atoms with E-state index in [1.165, 1.54) is 23.1 Å². The van der Waals surface area contributed by atoms with Gasteiger partial charge in [0.15, 0.2) is 0 Å². The number of nitrogens with zero attached hydrogens (tertiary/aromatic N) is 1. The van der Waals surface area contributed by atoms with E-state index in [1.807, 2.05) is 30.3 Å². The Bertz CT molecular complexity index is 696. The van der Waals surface area contributed by atoms with Crippen LogP contribution in [-0.2, 0) is 6.54 Å². The number of amides is 2. The number of benzene rings is 2. The Balaban J connectivity index is 2.17. The molecule has 0 bridgehead atoms. The first kappa shape index (κ1) is 17.9. The Morgan fingerprint density at radius 2 is 1.88 bits per heavy atom. The third-order valence-corrected chi connectivity index (χ3v) is 3.51. The number of aliphatic hydroxyl groups is 1. The zero-order valence-corrected chi connectivity index (χ0v) is 14.2. The second-order valence-corrected chi connectivity index (χ2v) is 6.54. The molecule has 2 amide bonds. The van der Waals surface area contributed by atoms with Crippen LogP contribution in [-0.4, -0.2) is 28.2 Å². The number of carbonyl (C=O) groups excluding carboxylic acids is 1. The quantitative estimate of drug-likeness (QED) is 0.872. The maximum atomic E-state index is 13.2. The average molecular weight is 330 g/mol. The highest BCUT2D eigenvalue weighted by atomic mass is 19.1. The van der Waals surface area contributed by atoms with Crippen LogP contribution in [0.4, 0.5) is 14.9 Å². The SMILES string of the molecule is Cc1cc(F)ccc1NC(=O)N(Cc1ccccc1)CC(C)(C)O. The van der Waals surface area contributed by atoms with Crippen molar-refractivity contribution >= 4 is 11.7 Å². The fourth-order valence-corrected chi connectivity index (χ4v) is 2.43. The standard InChI is InChI=1S/C19H23FN2O2/c1-14-11-16(20)9-10-17(14)21-18(23)22(13-19(2,3)24)12-15-7-5-4-6-8-15/h4-11,24H,12-13H2,1-3H3,(H,21,23). The number of hydrogen-bond donors (Lipinski definition) is 2. The second kappa shape index (κ2) is 7.45. The Labute approximate surface area is 141 Å². The summed E-state index contributed by atoms with van der Waals surface area (Å²) in [5.74, 6) is -0.344. The Morgan fingerprint density at radius 1 is 1.21 bits per heavy atom. The van der Waals surface area contributed by atoms with Crippen LogP contribution in [0.25, 0.3) is 0 Å². The van der Waals surface area contributed by atoms with Crippen LogP contribution in [0.1, 0.15) is 25.0 Å². The van der Waals surface area contributed by atoms with Crippen molar-refractivity contribution in [3.8, 4) is 0 Å². The first-order valence-electron chi connectivity index (χ1n) is 7.83. The number of rotatable bonds is 5. The summed E-state index contributed by atoms with van der Waals surface area (Å²) in [6.45, 7) is 5.59. The van der Waals surface area contributed by atoms with Crippen LogP contribution < -0.4 is 5.32 Å². The Kier molecular flexibility index (Phi) is 5.57. The molecule has 0 saturated carbocycles. The van der Waals surface area contributed by atoms with Crippen LogP contribution in [0.2, 0.25) is 0 Å². The van der Waals surface area contributed by atoms with Gasteiger partial charge in [0.25, 0.3) is 0 Å². The van der Waals surface area contributed by atoms with Gasteiger partial charge < -0.3 is 15.3 Å². The fraction of sp³-hybridized carbons (Fsp3) is 0.316. The largest absolute Gasteiger partial charge is 0.389 e. The third-order valence-electron chi connectivity index (χ3n) is 3.51. The molecule has 0 fully saturated rings. The topological polar surface area (TPSA) is 52.6 Å². The van der Waals surface area contributed by atoms with Crippen LogP contribution in [0, 0.1) is 12.7 Å². The summed E-state index contributed by atoms with van der Waals surface area (Å²) < 4.78 is 13.2. The molecule has 0 unspecified atom stereocenters. The summed E-state index contributed by atoms with van der Waals surface area (Å²) in [6, 6.07) is 13.4. The molecule has 2 rings (SSSR count). The Morgan fingerprint density at radius 3 is 2.46 bits per heavy atom. The van der Waals surface area contributed by atoms with Gasteiger partial charge in [-0.2, -0.15) is 0 Å². The molecular formula is C19H23FN2O2. The zero-order valence-electron chi connectivity index (χ0n) is 14.2. The predicted molar refractivity (Wildman–Crippen MR) is 93.3 cm³/mol. The molecule has 5 heteroatoms. The fourth-order valence-electron chi connectivity index (χ4n) is 2.43. The highest BCUT2D eigenvalue weighted by Crippen LogP contribution is 2.18. The zero-order chi connectivity index (χ0) is 17.7. The highest BCUT2D eigenvalue weighted by Gasteiger charge is 2.23. The van der Waals surface area contributed by atoms with Crippen molar-refractivity contribution in [2.24, 2.45) is 0 Å². The van der Waals surface area contributed by atoms with Gasteiger partial charge in [-0.15, -0.1) is 0 Å². The van der Waals surface area contributed by atoms with Gasteiger partial charge in [0, 0.05) is 12.2 Å². The van der Waals surface area contributed by atoms with E-state index in [0.29, 0.717) is 17.8 Å². The van der Waals surface area contributed by atoms with Gasteiger partial charge in [0.05, 0.1) is 12.1 Å². The minimum Gasteiger partial charge on any atom is -0.389 e. The minimum absolute atomic E-state index is 0.175. The number of hydrogen-bond acceptors (Lipinski definition) is 2. The van der Waals surface area contributed by atoms with Crippen molar-refractivity contribution in [2.45, 2.75) is 32.9 Å². The van der Waals surface area contributed by atoms with E-state index in [2.05, 4.69) is 5.32 Å². The average Bonchev–Trinajstić information content (AvgIpc) is 2.49. The molecule has 0 radical (unpaired) electrons. The molecule has 24 heavy (non-hydrogen) atoms. The number of aryl methyl sites for hydroxylation is 1. The minimum atomic E-state index is -1.02. The second-order valence-electron chi connectivity index (χ2n) is 6.54. The molecule has 0 aliphatic carbocycles. The maximum absolute atomic E-state index is 13.2. The van der Waals surface area contributed by atoms with E-state index in [1.54, 1.807) is 20.8 Å². The number of carbonyl (C=O) groups is 1. The molecule has 2 aromatic carbocycles. The normalized spacial score (nSPS) is 11.2. The van der Waals surface area contributed by atoms with Gasteiger partial charge in [-0.3, -0.25) is 0 Å². The number of urea groups is 1. The lowest BCUT2D eigenvalue weighted by molar-refractivity contribution is 0.0469. The van der Waals surface area contributed by atoms with E-state index in [9.17, 15) is 14.3 Å². The molecule has 4 nitrogen and oxygen atoms in total. The van der Waals surface area contributed by atoms with Crippen molar-refractivity contribution < 1.29 is 14.3 Å². The van der Waals surface area contributed by atoms with E-state index in [-0.39, 0.29) is 18.4 Å². The molecule has 0 aromatic heterocycles. The lowest BCUT2D eigenvalue weighted by Gasteiger charge is -2.29. The van der Waals surface area contributed by atoms with Gasteiger partial charge in [0.1, 0.15) is 5.82 Å². The molecule has 0 saturated heterocycles. The lowest BCUT2D eigenvalue weighted by Crippen LogP contribution is -2.43. The summed E-state index contributed by atoms with van der Waals surface area (Å²) >= 11 is 0. The van der Waals surface area contributed by atoms with Crippen LogP contribution in [0.5, 0.6) is 0 Å². The number of halogens is 1. The molecule has 0 atom stereocenters. The molecular weight excluding hydrogens is 307 g/mol. The Hall–Kier alpha value is -2.40. The van der Waals surface area contributed by atoms with Gasteiger partial charge in [-0.1, -0.05) is 30.3 Å². The maximum Gasteiger partial charge on any atom is 0.322 e. The van der Waals surface area contributed by atoms with Crippen LogP contribution in [0.15, 0.2) is 48.5 Å². The van der Waals surface area contributed by atoms with Crippen molar-refractivity contribution in [3.05, 3.63) is 65.5 Å². The summed E-state index contributed by atoms with van der Waals surface area (Å²) in [6.07, 6.45) is 0. The van der Waals surface area contributed by atoms with Crippen molar-refractivity contribution in [1.82, 2.24) is 4.90 Å². The van der Waals surface area contributed by atoms with Crippen molar-refractivity contribution in [1.29, 1.82) is 0 Å². The van der Waals surface area contributed by atoms with Gasteiger partial charge in [-0.25, -0.2) is 9.18 Å². The summed E-state index contributed by atoms with van der Waals surface area (Å²) in [4.78, 5) is 14.2. The van der Waals surface area contributed by atoms with Crippen LogP contribution >= 0.6 is 0 Å². The van der Waals surface area contributed by atoms with E-state index >= 15 is 0 Å². The van der Waals surface area contributed by atoms with Crippen molar-refractivity contribution in [2.75, 3.05) is 11.9 Å². The molecule has 0 aliphatic heterocycles. The predicted octanol–water partition coefficient (Wildman–Crippen LogP) is 3.94. The van der Waals surface area contributed by atoms with Crippen molar-refractivity contribution in [3.63, 3.8) is 0 Å². The van der Waals surface area contributed by atoms with Gasteiger partial charge in [0.2, 0.25) is 0 Å². The summed E-state index contributed by atoms with van der Waals surface area (Å²) in [5.41, 5.74) is 1.14. The molecule has 0 aliphatic rings. The first-order valence-corrected chi connectivity index (χ1v) is 7.83. The van der Waals surface area contributed by atoms with E-state index in [4.69, 9.17) is 0 Å². The van der Waals surface area contributed by atoms with Gasteiger partial charge in [-0.05, 0) is 50.1 Å².